The Morgan fingerprint density at radius 3 is 2.86 bits per heavy atom. The molecule has 0 saturated carbocycles. The summed E-state index contributed by atoms with van der Waals surface area (Å²) >= 11 is 0. The van der Waals surface area contributed by atoms with Gasteiger partial charge in [-0.1, -0.05) is 0 Å². The number of amides is 1. The van der Waals surface area contributed by atoms with Crippen molar-refractivity contribution in [3.05, 3.63) is 30.1 Å². The van der Waals surface area contributed by atoms with E-state index in [1.165, 1.54) is 0 Å². The molecule has 6 heteroatoms. The molecule has 0 aliphatic carbocycles. The Hall–Kier alpha value is -1.50. The average molecular weight is 293 g/mol. The third-order valence-corrected chi connectivity index (χ3v) is 3.74. The Bertz CT molecular complexity index is 441. The lowest BCUT2D eigenvalue weighted by molar-refractivity contribution is -0.127. The van der Waals surface area contributed by atoms with Crippen LogP contribution in [-0.2, 0) is 16.0 Å². The number of nitrogens with two attached hydrogens (primary N) is 1. The van der Waals surface area contributed by atoms with Crippen LogP contribution in [0.1, 0.15) is 24.8 Å². The summed E-state index contributed by atoms with van der Waals surface area (Å²) in [6.45, 7) is 0.475. The number of hydrogen-bond acceptors (Lipinski definition) is 5. The lowest BCUT2D eigenvalue weighted by atomic mass is 9.97. The molecule has 6 nitrogen and oxygen atoms in total. The molecule has 2 heterocycles. The zero-order chi connectivity index (χ0) is 15.1. The summed E-state index contributed by atoms with van der Waals surface area (Å²) in [7, 11) is 0. The second-order valence-corrected chi connectivity index (χ2v) is 5.34. The predicted molar refractivity (Wildman–Crippen MR) is 78.5 cm³/mol. The number of nitrogens with zero attached hydrogens (tertiary/aromatic N) is 1. The minimum absolute atomic E-state index is 0.0643. The van der Waals surface area contributed by atoms with Gasteiger partial charge in [-0.2, -0.15) is 0 Å². The molecule has 3 atom stereocenters. The summed E-state index contributed by atoms with van der Waals surface area (Å²) in [6.07, 6.45) is 5.82. The fourth-order valence-electron chi connectivity index (χ4n) is 2.64. The van der Waals surface area contributed by atoms with Crippen LogP contribution in [0.3, 0.4) is 0 Å². The van der Waals surface area contributed by atoms with E-state index in [0.29, 0.717) is 13.0 Å². The molecule has 1 aromatic rings. The number of ether oxygens (including phenoxy) is 1. The number of carbonyl (C=O) groups is 1. The molecule has 0 radical (unpaired) electrons. The maximum atomic E-state index is 12.1. The Morgan fingerprint density at radius 1 is 1.43 bits per heavy atom. The molecule has 1 aliphatic rings. The van der Waals surface area contributed by atoms with Crippen molar-refractivity contribution in [2.24, 2.45) is 5.73 Å². The topological polar surface area (TPSA) is 97.5 Å². The van der Waals surface area contributed by atoms with Gasteiger partial charge in [0.15, 0.2) is 0 Å². The van der Waals surface area contributed by atoms with Crippen molar-refractivity contribution >= 4 is 5.91 Å². The van der Waals surface area contributed by atoms with Crippen molar-refractivity contribution in [2.45, 2.75) is 43.9 Å². The van der Waals surface area contributed by atoms with E-state index in [4.69, 9.17) is 10.5 Å². The molecule has 0 aromatic carbocycles. The van der Waals surface area contributed by atoms with E-state index >= 15 is 0 Å². The molecule has 1 aliphatic heterocycles. The van der Waals surface area contributed by atoms with Gasteiger partial charge in [-0.05, 0) is 43.5 Å². The summed E-state index contributed by atoms with van der Waals surface area (Å²) in [6, 6.07) is 3.49. The van der Waals surface area contributed by atoms with Gasteiger partial charge in [0.2, 0.25) is 5.91 Å². The molecule has 1 saturated heterocycles. The molecule has 4 N–H and O–H groups in total. The van der Waals surface area contributed by atoms with E-state index in [1.54, 1.807) is 12.4 Å². The standard InChI is InChI=1S/C15H23N3O3/c16-6-3-12-1-2-13(14(10-19)21-12)18-15(20)9-11-4-7-17-8-5-11/h4-5,7-8,12-14,19H,1-3,6,9-10,16H2,(H,18,20)/t12-,13+,14-/m1/s1. The Kier molecular flexibility index (Phi) is 6.10. The van der Waals surface area contributed by atoms with Crippen molar-refractivity contribution in [2.75, 3.05) is 13.2 Å². The van der Waals surface area contributed by atoms with Crippen molar-refractivity contribution in [1.82, 2.24) is 10.3 Å². The predicted octanol–water partition coefficient (Wildman–Crippen LogP) is -0.00240. The summed E-state index contributed by atoms with van der Waals surface area (Å²) in [4.78, 5) is 16.0. The van der Waals surface area contributed by atoms with Crippen LogP contribution < -0.4 is 11.1 Å². The fraction of sp³-hybridized carbons (Fsp3) is 0.600. The first-order valence-corrected chi connectivity index (χ1v) is 7.37. The molecule has 0 bridgehead atoms. The Morgan fingerprint density at radius 2 is 2.19 bits per heavy atom. The lowest BCUT2D eigenvalue weighted by Crippen LogP contribution is -2.51. The molecular formula is C15H23N3O3. The zero-order valence-corrected chi connectivity index (χ0v) is 12.1. The molecule has 0 unspecified atom stereocenters. The highest BCUT2D eigenvalue weighted by Crippen LogP contribution is 2.21. The monoisotopic (exact) mass is 293 g/mol. The average Bonchev–Trinajstić information content (AvgIpc) is 2.50. The van der Waals surface area contributed by atoms with Gasteiger partial charge in [0.1, 0.15) is 6.10 Å². The quantitative estimate of drug-likeness (QED) is 0.686. The van der Waals surface area contributed by atoms with Crippen LogP contribution in [0.15, 0.2) is 24.5 Å². The van der Waals surface area contributed by atoms with E-state index in [0.717, 1.165) is 24.8 Å². The fourth-order valence-corrected chi connectivity index (χ4v) is 2.64. The first-order valence-electron chi connectivity index (χ1n) is 7.37. The first-order chi connectivity index (χ1) is 10.2. The maximum absolute atomic E-state index is 12.1. The molecule has 1 aromatic heterocycles. The van der Waals surface area contributed by atoms with Gasteiger partial charge in [-0.3, -0.25) is 9.78 Å². The molecule has 116 valence electrons. The minimum atomic E-state index is -0.350. The van der Waals surface area contributed by atoms with Gasteiger partial charge in [0, 0.05) is 12.4 Å². The van der Waals surface area contributed by atoms with Crippen LogP contribution in [0.4, 0.5) is 0 Å². The molecule has 0 spiro atoms. The molecule has 1 fully saturated rings. The summed E-state index contributed by atoms with van der Waals surface area (Å²) in [5, 5.41) is 12.4. The van der Waals surface area contributed by atoms with Crippen LogP contribution in [0.25, 0.3) is 0 Å². The summed E-state index contributed by atoms with van der Waals surface area (Å²) < 4.78 is 5.78. The number of nitrogens with one attached hydrogen (secondary N) is 1. The van der Waals surface area contributed by atoms with Crippen LogP contribution in [0, 0.1) is 0 Å². The van der Waals surface area contributed by atoms with E-state index < -0.39 is 0 Å². The van der Waals surface area contributed by atoms with Crippen molar-refractivity contribution in [3.8, 4) is 0 Å². The second-order valence-electron chi connectivity index (χ2n) is 5.34. The van der Waals surface area contributed by atoms with Crippen LogP contribution in [-0.4, -0.2) is 47.4 Å². The van der Waals surface area contributed by atoms with Gasteiger partial charge in [-0.25, -0.2) is 0 Å². The minimum Gasteiger partial charge on any atom is -0.394 e. The van der Waals surface area contributed by atoms with E-state index in [-0.39, 0.29) is 30.8 Å². The van der Waals surface area contributed by atoms with Crippen molar-refractivity contribution in [3.63, 3.8) is 0 Å². The normalized spacial score (nSPS) is 25.5. The molecule has 1 amide bonds. The first kappa shape index (κ1) is 15.9. The number of aliphatic hydroxyl groups excluding tert-OH is 1. The highest BCUT2D eigenvalue weighted by atomic mass is 16.5. The van der Waals surface area contributed by atoms with Gasteiger partial charge >= 0.3 is 0 Å². The highest BCUT2D eigenvalue weighted by molar-refractivity contribution is 5.78. The van der Waals surface area contributed by atoms with Gasteiger partial charge in [0.25, 0.3) is 0 Å². The second kappa shape index (κ2) is 8.07. The number of aromatic nitrogens is 1. The van der Waals surface area contributed by atoms with Gasteiger partial charge in [0.05, 0.1) is 25.2 Å². The number of hydrogen-bond donors (Lipinski definition) is 3. The lowest BCUT2D eigenvalue weighted by Gasteiger charge is -2.36. The number of rotatable bonds is 6. The van der Waals surface area contributed by atoms with Gasteiger partial charge < -0.3 is 20.9 Å². The molecule has 21 heavy (non-hydrogen) atoms. The zero-order valence-electron chi connectivity index (χ0n) is 12.1. The van der Waals surface area contributed by atoms with Crippen LogP contribution in [0.5, 0.6) is 0 Å². The van der Waals surface area contributed by atoms with Crippen molar-refractivity contribution < 1.29 is 14.6 Å². The Balaban J connectivity index is 1.85. The van der Waals surface area contributed by atoms with E-state index in [9.17, 15) is 9.90 Å². The number of pyridine rings is 1. The third-order valence-electron chi connectivity index (χ3n) is 3.74. The Labute approximate surface area is 124 Å². The van der Waals surface area contributed by atoms with E-state index in [2.05, 4.69) is 10.3 Å². The molecule has 2 rings (SSSR count). The largest absolute Gasteiger partial charge is 0.394 e. The molecular weight excluding hydrogens is 270 g/mol. The van der Waals surface area contributed by atoms with Crippen LogP contribution >= 0.6 is 0 Å². The summed E-state index contributed by atoms with van der Waals surface area (Å²) in [5.41, 5.74) is 6.45. The maximum Gasteiger partial charge on any atom is 0.224 e. The number of carbonyl (C=O) groups excluding carboxylic acids is 1. The van der Waals surface area contributed by atoms with E-state index in [1.807, 2.05) is 12.1 Å². The van der Waals surface area contributed by atoms with Gasteiger partial charge in [-0.15, -0.1) is 0 Å². The SMILES string of the molecule is NCC[C@H]1CC[C@H](NC(=O)Cc2ccncc2)[C@@H](CO)O1. The van der Waals surface area contributed by atoms with Crippen LogP contribution in [0.2, 0.25) is 0 Å². The third kappa shape index (κ3) is 4.77. The highest BCUT2D eigenvalue weighted by Gasteiger charge is 2.31. The summed E-state index contributed by atoms with van der Waals surface area (Å²) in [5.74, 6) is -0.0643. The van der Waals surface area contributed by atoms with Crippen molar-refractivity contribution in [1.29, 1.82) is 0 Å². The number of aliphatic hydroxyl groups is 1. The smallest absolute Gasteiger partial charge is 0.224 e.